The summed E-state index contributed by atoms with van der Waals surface area (Å²) < 4.78 is 16.7. The summed E-state index contributed by atoms with van der Waals surface area (Å²) >= 11 is 26.7. The van der Waals surface area contributed by atoms with Gasteiger partial charge < -0.3 is 19.9 Å². The number of benzene rings is 1. The second kappa shape index (κ2) is 7.31. The number of alkyl halides is 2. The molecule has 4 atom stereocenters. The van der Waals surface area contributed by atoms with Crippen LogP contribution in [0.2, 0.25) is 0 Å². The van der Waals surface area contributed by atoms with Crippen LogP contribution in [0.5, 0.6) is 0 Å². The van der Waals surface area contributed by atoms with E-state index in [-0.39, 0.29) is 23.1 Å². The van der Waals surface area contributed by atoms with Crippen molar-refractivity contribution < 1.29 is 19.0 Å². The number of rotatable bonds is 6. The van der Waals surface area contributed by atoms with Gasteiger partial charge in [-0.2, -0.15) is 0 Å². The average molecular weight is 469 g/mol. The van der Waals surface area contributed by atoms with Gasteiger partial charge in [-0.1, -0.05) is 41.4 Å². The molecular weight excluding hydrogens is 448 g/mol. The number of hydrogen-bond donors (Lipinski definition) is 1. The Hall–Kier alpha value is -0.530. The van der Waals surface area contributed by atoms with Crippen molar-refractivity contribution in [2.75, 3.05) is 20.8 Å². The fourth-order valence-corrected chi connectivity index (χ4v) is 6.51. The smallest absolute Gasteiger partial charge is 0.338 e. The lowest BCUT2D eigenvalue weighted by Crippen LogP contribution is -2.61. The Morgan fingerprint density at radius 3 is 2.25 bits per heavy atom. The van der Waals surface area contributed by atoms with E-state index < -0.39 is 33.0 Å². The molecule has 2 aliphatic rings. The average Bonchev–Trinajstić information content (AvgIpc) is 2.97. The highest BCUT2D eigenvalue weighted by Crippen LogP contribution is 2.72. The molecule has 1 aromatic carbocycles. The van der Waals surface area contributed by atoms with E-state index in [1.807, 2.05) is 6.07 Å². The predicted molar refractivity (Wildman–Crippen MR) is 110 cm³/mol. The van der Waals surface area contributed by atoms with Gasteiger partial charge in [-0.05, 0) is 25.5 Å². The van der Waals surface area contributed by atoms with Crippen LogP contribution >= 0.6 is 46.4 Å². The molecule has 0 heterocycles. The molecule has 2 aliphatic carbocycles. The topological polar surface area (TPSA) is 70.8 Å². The van der Waals surface area contributed by atoms with Crippen molar-refractivity contribution >= 4 is 52.4 Å². The Morgan fingerprint density at radius 2 is 1.75 bits per heavy atom. The number of hydrogen-bond acceptors (Lipinski definition) is 5. The van der Waals surface area contributed by atoms with Crippen LogP contribution in [0.1, 0.15) is 23.7 Å². The highest BCUT2D eigenvalue weighted by Gasteiger charge is 2.82. The molecule has 1 saturated carbocycles. The van der Waals surface area contributed by atoms with Crippen LogP contribution < -0.4 is 5.73 Å². The minimum absolute atomic E-state index is 0.113. The molecule has 0 spiro atoms. The molecule has 2 N–H and O–H groups in total. The summed E-state index contributed by atoms with van der Waals surface area (Å²) in [7, 11) is 2.84. The van der Waals surface area contributed by atoms with Gasteiger partial charge in [-0.15, -0.1) is 23.2 Å². The van der Waals surface area contributed by atoms with E-state index in [4.69, 9.17) is 66.3 Å². The summed E-state index contributed by atoms with van der Waals surface area (Å²) in [5.74, 6) is -2.57. The molecule has 28 heavy (non-hydrogen) atoms. The van der Waals surface area contributed by atoms with E-state index in [1.165, 1.54) is 14.2 Å². The van der Waals surface area contributed by atoms with Crippen molar-refractivity contribution in [1.29, 1.82) is 0 Å². The van der Waals surface area contributed by atoms with E-state index >= 15 is 0 Å². The van der Waals surface area contributed by atoms with Crippen molar-refractivity contribution in [3.63, 3.8) is 0 Å². The highest BCUT2D eigenvalue weighted by molar-refractivity contribution is 6.52. The summed E-state index contributed by atoms with van der Waals surface area (Å²) in [5.41, 5.74) is 5.89. The molecule has 0 amide bonds. The van der Waals surface area contributed by atoms with Crippen molar-refractivity contribution in [3.8, 4) is 0 Å². The van der Waals surface area contributed by atoms with Crippen LogP contribution in [0, 0.1) is 5.92 Å². The van der Waals surface area contributed by atoms with E-state index in [0.29, 0.717) is 5.56 Å². The molecule has 0 saturated heterocycles. The number of nitrogens with two attached hydrogens (primary N) is 1. The zero-order chi connectivity index (χ0) is 21.0. The van der Waals surface area contributed by atoms with Crippen LogP contribution in [0.25, 0.3) is 0 Å². The third-order valence-electron chi connectivity index (χ3n) is 5.72. The lowest BCUT2D eigenvalue weighted by molar-refractivity contribution is -0.220. The molecule has 0 radical (unpaired) electrons. The molecule has 0 aromatic heterocycles. The molecular formula is C19H21Cl4NO4. The largest absolute Gasteiger partial charge is 0.460 e. The van der Waals surface area contributed by atoms with E-state index in [9.17, 15) is 4.79 Å². The normalized spacial score (nSPS) is 33.1. The van der Waals surface area contributed by atoms with E-state index in [1.54, 1.807) is 31.2 Å². The van der Waals surface area contributed by atoms with Crippen LogP contribution in [-0.2, 0) is 14.2 Å². The predicted octanol–water partition coefficient (Wildman–Crippen LogP) is 4.23. The quantitative estimate of drug-likeness (QED) is 0.384. The van der Waals surface area contributed by atoms with Crippen LogP contribution in [0.3, 0.4) is 0 Å². The zero-order valence-corrected chi connectivity index (χ0v) is 18.6. The van der Waals surface area contributed by atoms with Crippen LogP contribution in [0.15, 0.2) is 40.4 Å². The third-order valence-corrected chi connectivity index (χ3v) is 8.30. The number of fused-ring (bicyclic) bond motifs is 2. The molecule has 3 rings (SSSR count). The molecule has 1 aromatic rings. The lowest BCUT2D eigenvalue weighted by Gasteiger charge is -2.44. The number of carbonyl (C=O) groups is 1. The molecule has 9 heteroatoms. The SMILES string of the molecule is COC1(OC)[C@@]2(Cl)C[C@H]([C@@](C)(N)COC(=O)c3ccccc3)[C@]1(Cl)C(Cl)=C2Cl. The number of carbonyl (C=O) groups excluding carboxylic acids is 1. The molecule has 0 aliphatic heterocycles. The van der Waals surface area contributed by atoms with Gasteiger partial charge in [0.25, 0.3) is 0 Å². The second-order valence-electron chi connectivity index (χ2n) is 7.37. The maximum absolute atomic E-state index is 12.3. The minimum Gasteiger partial charge on any atom is -0.460 e. The lowest BCUT2D eigenvalue weighted by atomic mass is 9.77. The Bertz CT molecular complexity index is 811. The first-order valence-corrected chi connectivity index (χ1v) is 10.1. The Kier molecular flexibility index (Phi) is 5.79. The first kappa shape index (κ1) is 22.2. The number of methoxy groups -OCH3 is 2. The van der Waals surface area contributed by atoms with Gasteiger partial charge >= 0.3 is 5.97 Å². The van der Waals surface area contributed by atoms with Gasteiger partial charge in [0.15, 0.2) is 0 Å². The van der Waals surface area contributed by atoms with Gasteiger partial charge in [0.1, 0.15) is 16.4 Å². The molecule has 154 valence electrons. The van der Waals surface area contributed by atoms with E-state index in [2.05, 4.69) is 0 Å². The molecule has 0 unspecified atom stereocenters. The summed E-state index contributed by atoms with van der Waals surface area (Å²) in [6.45, 7) is 1.60. The Balaban J connectivity index is 1.90. The van der Waals surface area contributed by atoms with E-state index in [0.717, 1.165) is 0 Å². The molecule has 2 bridgehead atoms. The zero-order valence-electron chi connectivity index (χ0n) is 15.6. The standard InChI is InChI=1S/C19H21Cl4NO4/c1-16(24,10-28-15(25)11-7-5-4-6-8-11)12-9-17(22)13(20)14(21)18(12,23)19(17,26-2)27-3/h4-8,12H,9-10,24H2,1-3H3/t12-,16+,17-,18+/m1/s1. The van der Waals surface area contributed by atoms with Gasteiger partial charge in [0, 0.05) is 20.1 Å². The fourth-order valence-electron chi connectivity index (χ4n) is 4.31. The van der Waals surface area contributed by atoms with Gasteiger partial charge in [0.05, 0.1) is 21.2 Å². The van der Waals surface area contributed by atoms with Crippen LogP contribution in [-0.4, -0.2) is 47.9 Å². The maximum atomic E-state index is 12.3. The third kappa shape index (κ3) is 2.75. The van der Waals surface area contributed by atoms with Crippen molar-refractivity contribution in [3.05, 3.63) is 46.0 Å². The summed E-state index contributed by atoms with van der Waals surface area (Å²) in [6, 6.07) is 8.62. The van der Waals surface area contributed by atoms with Crippen LogP contribution in [0.4, 0.5) is 0 Å². The second-order valence-corrected chi connectivity index (χ2v) is 9.37. The highest BCUT2D eigenvalue weighted by atomic mass is 35.5. The molecule has 1 fully saturated rings. The maximum Gasteiger partial charge on any atom is 0.338 e. The van der Waals surface area contributed by atoms with Crippen molar-refractivity contribution in [1.82, 2.24) is 0 Å². The molecule has 5 nitrogen and oxygen atoms in total. The summed E-state index contributed by atoms with van der Waals surface area (Å²) in [5, 5.41) is 0.291. The van der Waals surface area contributed by atoms with Crippen molar-refractivity contribution in [2.45, 2.75) is 34.4 Å². The Morgan fingerprint density at radius 1 is 1.18 bits per heavy atom. The fraction of sp³-hybridized carbons (Fsp3) is 0.526. The first-order chi connectivity index (χ1) is 13.0. The van der Waals surface area contributed by atoms with Gasteiger partial charge in [-0.3, -0.25) is 0 Å². The number of esters is 1. The number of ether oxygens (including phenoxy) is 3. The first-order valence-electron chi connectivity index (χ1n) is 8.57. The van der Waals surface area contributed by atoms with Crippen molar-refractivity contribution in [2.24, 2.45) is 11.7 Å². The Labute approximate surface area is 184 Å². The monoisotopic (exact) mass is 467 g/mol. The number of halogens is 4. The van der Waals surface area contributed by atoms with Gasteiger partial charge in [0.2, 0.25) is 5.79 Å². The minimum atomic E-state index is -1.52. The summed E-state index contributed by atoms with van der Waals surface area (Å²) in [4.78, 5) is 9.56. The van der Waals surface area contributed by atoms with Gasteiger partial charge in [-0.25, -0.2) is 4.79 Å². The summed E-state index contributed by atoms with van der Waals surface area (Å²) in [6.07, 6.45) is 0.227.